The SMILES string of the molecule is CCOc1cccc(Nc2c(C)cc(C)cc2C)c1C(=O)O. The summed E-state index contributed by atoms with van der Waals surface area (Å²) in [6, 6.07) is 9.36. The van der Waals surface area contributed by atoms with Crippen LogP contribution in [0, 0.1) is 20.8 Å². The number of hydrogen-bond acceptors (Lipinski definition) is 3. The maximum atomic E-state index is 11.6. The molecule has 2 N–H and O–H groups in total. The van der Waals surface area contributed by atoms with Crippen molar-refractivity contribution >= 4 is 17.3 Å². The Labute approximate surface area is 130 Å². The lowest BCUT2D eigenvalue weighted by molar-refractivity contribution is 0.0693. The molecule has 2 rings (SSSR count). The summed E-state index contributed by atoms with van der Waals surface area (Å²) in [7, 11) is 0. The lowest BCUT2D eigenvalue weighted by Crippen LogP contribution is -2.08. The minimum Gasteiger partial charge on any atom is -0.493 e. The first-order chi connectivity index (χ1) is 10.4. The third-order valence-corrected chi connectivity index (χ3v) is 3.48. The van der Waals surface area contributed by atoms with Gasteiger partial charge in [0.05, 0.1) is 12.3 Å². The van der Waals surface area contributed by atoms with E-state index in [1.54, 1.807) is 18.2 Å². The van der Waals surface area contributed by atoms with Crippen molar-refractivity contribution < 1.29 is 14.6 Å². The van der Waals surface area contributed by atoms with Gasteiger partial charge in [-0.25, -0.2) is 4.79 Å². The molecule has 0 atom stereocenters. The van der Waals surface area contributed by atoms with E-state index in [0.29, 0.717) is 18.0 Å². The molecule has 0 aromatic heterocycles. The van der Waals surface area contributed by atoms with Gasteiger partial charge < -0.3 is 15.2 Å². The van der Waals surface area contributed by atoms with Gasteiger partial charge >= 0.3 is 5.97 Å². The second-order valence-corrected chi connectivity index (χ2v) is 5.32. The molecule has 22 heavy (non-hydrogen) atoms. The minimum atomic E-state index is -1.01. The van der Waals surface area contributed by atoms with E-state index in [9.17, 15) is 9.90 Å². The fourth-order valence-electron chi connectivity index (χ4n) is 2.64. The molecule has 0 fully saturated rings. The average molecular weight is 299 g/mol. The third-order valence-electron chi connectivity index (χ3n) is 3.48. The second kappa shape index (κ2) is 6.52. The monoisotopic (exact) mass is 299 g/mol. The van der Waals surface area contributed by atoms with Crippen molar-refractivity contribution in [2.75, 3.05) is 11.9 Å². The molecule has 2 aromatic rings. The van der Waals surface area contributed by atoms with Crippen molar-refractivity contribution in [3.63, 3.8) is 0 Å². The fourth-order valence-corrected chi connectivity index (χ4v) is 2.64. The van der Waals surface area contributed by atoms with Crippen molar-refractivity contribution in [3.8, 4) is 5.75 Å². The van der Waals surface area contributed by atoms with Crippen LogP contribution in [-0.2, 0) is 0 Å². The molecule has 0 unspecified atom stereocenters. The molecule has 0 amide bonds. The highest BCUT2D eigenvalue weighted by Crippen LogP contribution is 2.32. The van der Waals surface area contributed by atoms with Crippen molar-refractivity contribution in [1.29, 1.82) is 0 Å². The van der Waals surface area contributed by atoms with Crippen molar-refractivity contribution in [2.45, 2.75) is 27.7 Å². The van der Waals surface area contributed by atoms with E-state index >= 15 is 0 Å². The van der Waals surface area contributed by atoms with E-state index < -0.39 is 5.97 Å². The summed E-state index contributed by atoms with van der Waals surface area (Å²) in [5.41, 5.74) is 4.97. The van der Waals surface area contributed by atoms with Crippen LogP contribution in [0.5, 0.6) is 5.75 Å². The number of benzene rings is 2. The molecule has 116 valence electrons. The predicted molar refractivity (Wildman–Crippen MR) is 88.5 cm³/mol. The summed E-state index contributed by atoms with van der Waals surface area (Å²) < 4.78 is 5.44. The summed E-state index contributed by atoms with van der Waals surface area (Å²) in [6.45, 7) is 8.32. The standard InChI is InChI=1S/C18H21NO3/c1-5-22-15-8-6-7-14(16(15)18(20)21)19-17-12(3)9-11(2)10-13(17)4/h6-10,19H,5H2,1-4H3,(H,20,21). The lowest BCUT2D eigenvalue weighted by Gasteiger charge is -2.17. The first-order valence-corrected chi connectivity index (χ1v) is 7.28. The Kier molecular flexibility index (Phi) is 4.71. The Hall–Kier alpha value is -2.49. The number of nitrogens with one attached hydrogen (secondary N) is 1. The smallest absolute Gasteiger partial charge is 0.341 e. The quantitative estimate of drug-likeness (QED) is 0.856. The summed E-state index contributed by atoms with van der Waals surface area (Å²) >= 11 is 0. The molecule has 0 radical (unpaired) electrons. The normalized spacial score (nSPS) is 10.4. The van der Waals surface area contributed by atoms with E-state index in [-0.39, 0.29) is 5.56 Å². The molecule has 0 heterocycles. The molecular formula is C18H21NO3. The number of carboxylic acids is 1. The van der Waals surface area contributed by atoms with E-state index in [1.165, 1.54) is 5.56 Å². The van der Waals surface area contributed by atoms with Crippen molar-refractivity contribution in [3.05, 3.63) is 52.6 Å². The Morgan fingerprint density at radius 3 is 2.36 bits per heavy atom. The maximum Gasteiger partial charge on any atom is 0.341 e. The van der Waals surface area contributed by atoms with Crippen LogP contribution < -0.4 is 10.1 Å². The molecule has 0 saturated carbocycles. The Bertz CT molecular complexity index is 684. The molecule has 0 saturated heterocycles. The number of ether oxygens (including phenoxy) is 1. The van der Waals surface area contributed by atoms with Crippen LogP contribution in [0.4, 0.5) is 11.4 Å². The summed E-state index contributed by atoms with van der Waals surface area (Å²) in [5.74, 6) is -0.628. The number of aryl methyl sites for hydroxylation is 3. The summed E-state index contributed by atoms with van der Waals surface area (Å²) in [5, 5.41) is 12.8. The fraction of sp³-hybridized carbons (Fsp3) is 0.278. The predicted octanol–water partition coefficient (Wildman–Crippen LogP) is 4.45. The molecule has 4 heteroatoms. The van der Waals surface area contributed by atoms with Crippen LogP contribution in [0.2, 0.25) is 0 Å². The van der Waals surface area contributed by atoms with E-state index in [2.05, 4.69) is 17.4 Å². The molecule has 4 nitrogen and oxygen atoms in total. The number of carboxylic acid groups (broad SMARTS) is 1. The summed E-state index contributed by atoms with van der Waals surface area (Å²) in [6.07, 6.45) is 0. The van der Waals surface area contributed by atoms with Crippen LogP contribution in [0.25, 0.3) is 0 Å². The maximum absolute atomic E-state index is 11.6. The molecule has 0 spiro atoms. The van der Waals surface area contributed by atoms with Gasteiger partial charge in [-0.15, -0.1) is 0 Å². The van der Waals surface area contributed by atoms with Gasteiger partial charge in [-0.1, -0.05) is 23.8 Å². The zero-order chi connectivity index (χ0) is 16.3. The van der Waals surface area contributed by atoms with Gasteiger partial charge in [-0.2, -0.15) is 0 Å². The first kappa shape index (κ1) is 15.9. The zero-order valence-corrected chi connectivity index (χ0v) is 13.4. The van der Waals surface area contributed by atoms with Gasteiger partial charge in [-0.05, 0) is 51.0 Å². The van der Waals surface area contributed by atoms with Crippen LogP contribution in [-0.4, -0.2) is 17.7 Å². The zero-order valence-electron chi connectivity index (χ0n) is 13.4. The minimum absolute atomic E-state index is 0.156. The van der Waals surface area contributed by atoms with Gasteiger partial charge in [0.25, 0.3) is 0 Å². The lowest BCUT2D eigenvalue weighted by atomic mass is 10.0. The van der Waals surface area contributed by atoms with Crippen LogP contribution in [0.3, 0.4) is 0 Å². The molecule has 0 aliphatic carbocycles. The van der Waals surface area contributed by atoms with Gasteiger partial charge in [-0.3, -0.25) is 0 Å². The van der Waals surface area contributed by atoms with Gasteiger partial charge in [0.2, 0.25) is 0 Å². The first-order valence-electron chi connectivity index (χ1n) is 7.28. The van der Waals surface area contributed by atoms with Crippen LogP contribution >= 0.6 is 0 Å². The van der Waals surface area contributed by atoms with Gasteiger partial charge in [0, 0.05) is 5.69 Å². The van der Waals surface area contributed by atoms with Gasteiger partial charge in [0.1, 0.15) is 11.3 Å². The second-order valence-electron chi connectivity index (χ2n) is 5.32. The van der Waals surface area contributed by atoms with E-state index in [0.717, 1.165) is 16.8 Å². The molecule has 0 bridgehead atoms. The summed E-state index contributed by atoms with van der Waals surface area (Å²) in [4.78, 5) is 11.6. The highest BCUT2D eigenvalue weighted by molar-refractivity contribution is 5.98. The van der Waals surface area contributed by atoms with E-state index in [1.807, 2.05) is 27.7 Å². The van der Waals surface area contributed by atoms with Crippen molar-refractivity contribution in [1.82, 2.24) is 0 Å². The number of rotatable bonds is 5. The Balaban J connectivity index is 2.50. The highest BCUT2D eigenvalue weighted by atomic mass is 16.5. The average Bonchev–Trinajstić information content (AvgIpc) is 2.43. The Morgan fingerprint density at radius 1 is 1.18 bits per heavy atom. The van der Waals surface area contributed by atoms with Gasteiger partial charge in [0.15, 0.2) is 0 Å². The van der Waals surface area contributed by atoms with Crippen LogP contribution in [0.1, 0.15) is 34.0 Å². The van der Waals surface area contributed by atoms with Crippen LogP contribution in [0.15, 0.2) is 30.3 Å². The molecule has 2 aromatic carbocycles. The number of carbonyl (C=O) groups is 1. The highest BCUT2D eigenvalue weighted by Gasteiger charge is 2.17. The number of anilines is 2. The number of hydrogen-bond donors (Lipinski definition) is 2. The molecule has 0 aliphatic rings. The largest absolute Gasteiger partial charge is 0.493 e. The number of aromatic carboxylic acids is 1. The topological polar surface area (TPSA) is 58.6 Å². The Morgan fingerprint density at radius 2 is 1.82 bits per heavy atom. The third kappa shape index (κ3) is 3.22. The molecule has 0 aliphatic heterocycles. The van der Waals surface area contributed by atoms with E-state index in [4.69, 9.17) is 4.74 Å². The molecular weight excluding hydrogens is 278 g/mol. The van der Waals surface area contributed by atoms with Crippen molar-refractivity contribution in [2.24, 2.45) is 0 Å².